The summed E-state index contributed by atoms with van der Waals surface area (Å²) < 4.78 is 0. The molecule has 0 amide bonds. The first-order chi connectivity index (χ1) is 3.81. The van der Waals surface area contributed by atoms with Gasteiger partial charge in [0.2, 0.25) is 0 Å². The molecule has 0 saturated carbocycles. The summed E-state index contributed by atoms with van der Waals surface area (Å²) in [6.45, 7) is 6.86. The van der Waals surface area contributed by atoms with Crippen LogP contribution < -0.4 is 5.32 Å². The van der Waals surface area contributed by atoms with Crippen LogP contribution >= 0.6 is 12.6 Å². The predicted octanol–water partition coefficient (Wildman–Crippen LogP) is 1.43. The molecule has 2 heteroatoms. The van der Waals surface area contributed by atoms with E-state index < -0.39 is 0 Å². The predicted molar refractivity (Wildman–Crippen MR) is 41.3 cm³/mol. The molecule has 0 aliphatic carbocycles. The maximum Gasteiger partial charge on any atom is 0.0296 e. The zero-order chi connectivity index (χ0) is 6.41. The van der Waals surface area contributed by atoms with Gasteiger partial charge >= 0.3 is 0 Å². The normalized spacial score (nSPS) is 8.75. The number of rotatable bonds is 4. The van der Waals surface area contributed by atoms with Crippen molar-refractivity contribution < 1.29 is 0 Å². The highest BCUT2D eigenvalue weighted by Gasteiger charge is 1.83. The Morgan fingerprint density at radius 3 is 2.75 bits per heavy atom. The zero-order valence-electron chi connectivity index (χ0n) is 5.28. The summed E-state index contributed by atoms with van der Waals surface area (Å²) in [6.07, 6.45) is 1.15. The SMILES string of the molecule is C=C(CS)NCCC. The fourth-order valence-electron chi connectivity index (χ4n) is 0.358. The van der Waals surface area contributed by atoms with Crippen molar-refractivity contribution in [2.75, 3.05) is 12.3 Å². The van der Waals surface area contributed by atoms with E-state index in [1.165, 1.54) is 0 Å². The van der Waals surface area contributed by atoms with Crippen molar-refractivity contribution in [3.63, 3.8) is 0 Å². The molecule has 1 N–H and O–H groups in total. The Kier molecular flexibility index (Phi) is 4.97. The lowest BCUT2D eigenvalue weighted by Crippen LogP contribution is -2.13. The van der Waals surface area contributed by atoms with E-state index in [2.05, 4.69) is 31.4 Å². The molecule has 1 nitrogen and oxygen atoms in total. The van der Waals surface area contributed by atoms with Gasteiger partial charge in [0.05, 0.1) is 0 Å². The summed E-state index contributed by atoms with van der Waals surface area (Å²) in [7, 11) is 0. The topological polar surface area (TPSA) is 12.0 Å². The second-order valence-electron chi connectivity index (χ2n) is 1.69. The third-order valence-electron chi connectivity index (χ3n) is 0.816. The molecule has 0 saturated heterocycles. The van der Waals surface area contributed by atoms with E-state index >= 15 is 0 Å². The standard InChI is InChI=1S/C6H13NS/c1-3-4-7-6(2)5-8/h7-8H,2-5H2,1H3. The van der Waals surface area contributed by atoms with Crippen molar-refractivity contribution in [1.29, 1.82) is 0 Å². The Hall–Kier alpha value is -0.110. The molecule has 48 valence electrons. The van der Waals surface area contributed by atoms with E-state index in [-0.39, 0.29) is 0 Å². The van der Waals surface area contributed by atoms with E-state index in [9.17, 15) is 0 Å². The van der Waals surface area contributed by atoms with Gasteiger partial charge in [0.15, 0.2) is 0 Å². The Morgan fingerprint density at radius 1 is 1.75 bits per heavy atom. The van der Waals surface area contributed by atoms with Gasteiger partial charge in [0.25, 0.3) is 0 Å². The Bertz CT molecular complexity index is 70.9. The van der Waals surface area contributed by atoms with Crippen LogP contribution in [0.1, 0.15) is 13.3 Å². The third-order valence-corrected chi connectivity index (χ3v) is 1.20. The highest BCUT2D eigenvalue weighted by atomic mass is 32.1. The average Bonchev–Trinajstić information content (AvgIpc) is 1.83. The van der Waals surface area contributed by atoms with Gasteiger partial charge in [-0.1, -0.05) is 13.5 Å². The lowest BCUT2D eigenvalue weighted by molar-refractivity contribution is 0.775. The van der Waals surface area contributed by atoms with Crippen molar-refractivity contribution in [2.45, 2.75) is 13.3 Å². The van der Waals surface area contributed by atoms with Crippen LogP contribution in [0.4, 0.5) is 0 Å². The van der Waals surface area contributed by atoms with Gasteiger partial charge in [0, 0.05) is 18.0 Å². The summed E-state index contributed by atoms with van der Waals surface area (Å²) >= 11 is 4.03. The maximum atomic E-state index is 4.03. The van der Waals surface area contributed by atoms with E-state index in [0.29, 0.717) is 0 Å². The van der Waals surface area contributed by atoms with Gasteiger partial charge < -0.3 is 5.32 Å². The minimum Gasteiger partial charge on any atom is -0.388 e. The number of nitrogens with one attached hydrogen (secondary N) is 1. The first kappa shape index (κ1) is 7.89. The zero-order valence-corrected chi connectivity index (χ0v) is 6.17. The molecule has 0 radical (unpaired) electrons. The molecule has 0 bridgehead atoms. The van der Waals surface area contributed by atoms with Crippen molar-refractivity contribution >= 4 is 12.6 Å². The van der Waals surface area contributed by atoms with Crippen LogP contribution in [-0.2, 0) is 0 Å². The molecule has 0 fully saturated rings. The number of thiol groups is 1. The first-order valence-corrected chi connectivity index (χ1v) is 3.47. The van der Waals surface area contributed by atoms with Crippen LogP contribution in [0.3, 0.4) is 0 Å². The van der Waals surface area contributed by atoms with Gasteiger partial charge in [0.1, 0.15) is 0 Å². The van der Waals surface area contributed by atoms with Crippen LogP contribution in [0.5, 0.6) is 0 Å². The van der Waals surface area contributed by atoms with Crippen LogP contribution in [0, 0.1) is 0 Å². The molecule has 0 spiro atoms. The summed E-state index contributed by atoms with van der Waals surface area (Å²) in [6, 6.07) is 0. The summed E-state index contributed by atoms with van der Waals surface area (Å²) in [5, 5.41) is 3.11. The molecular weight excluding hydrogens is 118 g/mol. The lowest BCUT2D eigenvalue weighted by atomic mass is 10.4. The number of hydrogen-bond acceptors (Lipinski definition) is 2. The molecule has 0 unspecified atom stereocenters. The van der Waals surface area contributed by atoms with Gasteiger partial charge in [-0.25, -0.2) is 0 Å². The second kappa shape index (κ2) is 5.04. The fourth-order valence-corrected chi connectivity index (χ4v) is 0.469. The minimum absolute atomic E-state index is 0.736. The van der Waals surface area contributed by atoms with E-state index in [1.54, 1.807) is 0 Å². The van der Waals surface area contributed by atoms with E-state index in [0.717, 1.165) is 24.4 Å². The first-order valence-electron chi connectivity index (χ1n) is 2.83. The van der Waals surface area contributed by atoms with Crippen molar-refractivity contribution in [2.24, 2.45) is 0 Å². The highest BCUT2D eigenvalue weighted by molar-refractivity contribution is 7.80. The van der Waals surface area contributed by atoms with E-state index in [4.69, 9.17) is 0 Å². The van der Waals surface area contributed by atoms with Crippen LogP contribution in [0.15, 0.2) is 12.3 Å². The van der Waals surface area contributed by atoms with Gasteiger partial charge in [-0.15, -0.1) is 0 Å². The highest BCUT2D eigenvalue weighted by Crippen LogP contribution is 1.86. The molecule has 8 heavy (non-hydrogen) atoms. The molecular formula is C6H13NS. The molecule has 0 aromatic rings. The maximum absolute atomic E-state index is 4.03. The average molecular weight is 131 g/mol. The molecule has 0 aliphatic heterocycles. The van der Waals surface area contributed by atoms with Crippen molar-refractivity contribution in [3.8, 4) is 0 Å². The van der Waals surface area contributed by atoms with Crippen molar-refractivity contribution in [1.82, 2.24) is 5.32 Å². The van der Waals surface area contributed by atoms with Gasteiger partial charge in [-0.2, -0.15) is 12.6 Å². The quantitative estimate of drug-likeness (QED) is 0.550. The molecule has 0 heterocycles. The third kappa shape index (κ3) is 4.06. The fraction of sp³-hybridized carbons (Fsp3) is 0.667. The lowest BCUT2D eigenvalue weighted by Gasteiger charge is -2.02. The van der Waals surface area contributed by atoms with Gasteiger partial charge in [-0.05, 0) is 6.42 Å². The van der Waals surface area contributed by atoms with Crippen LogP contribution in [0.2, 0.25) is 0 Å². The molecule has 0 aromatic heterocycles. The van der Waals surface area contributed by atoms with E-state index in [1.807, 2.05) is 0 Å². The molecule has 0 aromatic carbocycles. The number of hydrogen-bond donors (Lipinski definition) is 2. The van der Waals surface area contributed by atoms with Crippen LogP contribution in [0.25, 0.3) is 0 Å². The largest absolute Gasteiger partial charge is 0.388 e. The molecule has 0 aliphatic rings. The smallest absolute Gasteiger partial charge is 0.0296 e. The summed E-state index contributed by atoms with van der Waals surface area (Å²) in [5.41, 5.74) is 1.01. The van der Waals surface area contributed by atoms with Gasteiger partial charge in [-0.3, -0.25) is 0 Å². The molecule has 0 atom stereocenters. The Morgan fingerprint density at radius 2 is 2.38 bits per heavy atom. The molecule has 0 rings (SSSR count). The van der Waals surface area contributed by atoms with Crippen LogP contribution in [-0.4, -0.2) is 12.3 Å². The second-order valence-corrected chi connectivity index (χ2v) is 2.00. The Labute approximate surface area is 56.6 Å². The monoisotopic (exact) mass is 131 g/mol. The minimum atomic E-state index is 0.736. The summed E-state index contributed by atoms with van der Waals surface area (Å²) in [4.78, 5) is 0. The Balaban J connectivity index is 2.99. The van der Waals surface area contributed by atoms with Crippen molar-refractivity contribution in [3.05, 3.63) is 12.3 Å². The summed E-state index contributed by atoms with van der Waals surface area (Å²) in [5.74, 6) is 0.736.